The number of hydrogen-bond acceptors (Lipinski definition) is 3. The molecular formula is C14H13BrN4S. The lowest BCUT2D eigenvalue weighted by atomic mass is 10.2. The number of aryl methyl sites for hydroxylation is 1. The van der Waals surface area contributed by atoms with E-state index in [1.54, 1.807) is 18.6 Å². The van der Waals surface area contributed by atoms with Gasteiger partial charge in [-0.1, -0.05) is 22.0 Å². The van der Waals surface area contributed by atoms with Crippen molar-refractivity contribution in [1.29, 1.82) is 0 Å². The molecule has 0 spiro atoms. The van der Waals surface area contributed by atoms with Gasteiger partial charge >= 0.3 is 0 Å². The van der Waals surface area contributed by atoms with Crippen molar-refractivity contribution < 1.29 is 0 Å². The van der Waals surface area contributed by atoms with Gasteiger partial charge in [-0.25, -0.2) is 0 Å². The first-order valence-electron chi connectivity index (χ1n) is 5.91. The molecule has 2 N–H and O–H groups in total. The van der Waals surface area contributed by atoms with E-state index in [1.165, 1.54) is 0 Å². The van der Waals surface area contributed by atoms with Crippen LogP contribution in [0, 0.1) is 6.92 Å². The highest BCUT2D eigenvalue weighted by atomic mass is 79.9. The van der Waals surface area contributed by atoms with E-state index in [4.69, 9.17) is 12.2 Å². The quantitative estimate of drug-likeness (QED) is 0.506. The third-order valence-corrected chi connectivity index (χ3v) is 3.19. The predicted molar refractivity (Wildman–Crippen MR) is 90.1 cm³/mol. The van der Waals surface area contributed by atoms with Gasteiger partial charge in [-0.15, -0.1) is 0 Å². The molecule has 102 valence electrons. The Labute approximate surface area is 131 Å². The van der Waals surface area contributed by atoms with Crippen LogP contribution < -0.4 is 10.7 Å². The largest absolute Gasteiger partial charge is 0.331 e. The van der Waals surface area contributed by atoms with Crippen molar-refractivity contribution in [2.24, 2.45) is 5.10 Å². The van der Waals surface area contributed by atoms with Gasteiger partial charge in [-0.3, -0.25) is 10.4 Å². The molecule has 0 unspecified atom stereocenters. The molecule has 1 aromatic carbocycles. The number of aromatic nitrogens is 1. The summed E-state index contributed by atoms with van der Waals surface area (Å²) in [4.78, 5) is 4.00. The highest BCUT2D eigenvalue weighted by Gasteiger charge is 2.00. The van der Waals surface area contributed by atoms with E-state index in [0.29, 0.717) is 5.11 Å². The molecule has 2 rings (SSSR count). The van der Waals surface area contributed by atoms with Gasteiger partial charge in [-0.2, -0.15) is 5.10 Å². The lowest BCUT2D eigenvalue weighted by molar-refractivity contribution is 1.05. The second-order valence-corrected chi connectivity index (χ2v) is 5.39. The summed E-state index contributed by atoms with van der Waals surface area (Å²) in [6, 6.07) is 9.69. The number of nitrogens with zero attached hydrogens (tertiary/aromatic N) is 2. The van der Waals surface area contributed by atoms with Gasteiger partial charge in [0.15, 0.2) is 5.11 Å². The first-order chi connectivity index (χ1) is 9.65. The van der Waals surface area contributed by atoms with Crippen LogP contribution >= 0.6 is 28.1 Å². The van der Waals surface area contributed by atoms with Crippen LogP contribution in [0.2, 0.25) is 0 Å². The fraction of sp³-hybridized carbons (Fsp3) is 0.0714. The molecule has 1 heterocycles. The van der Waals surface area contributed by atoms with Gasteiger partial charge in [-0.05, 0) is 49.0 Å². The molecule has 2 aromatic rings. The zero-order valence-corrected chi connectivity index (χ0v) is 13.2. The first-order valence-corrected chi connectivity index (χ1v) is 7.11. The minimum Gasteiger partial charge on any atom is -0.331 e. The molecule has 6 heteroatoms. The van der Waals surface area contributed by atoms with E-state index in [-0.39, 0.29) is 0 Å². The number of benzene rings is 1. The molecule has 1 aromatic heterocycles. The van der Waals surface area contributed by atoms with Gasteiger partial charge in [0.2, 0.25) is 0 Å². The summed E-state index contributed by atoms with van der Waals surface area (Å²) in [6.07, 6.45) is 5.10. The molecule has 4 nitrogen and oxygen atoms in total. The number of anilines is 1. The molecule has 0 amide bonds. The second kappa shape index (κ2) is 7.12. The van der Waals surface area contributed by atoms with Crippen molar-refractivity contribution in [2.75, 3.05) is 5.32 Å². The van der Waals surface area contributed by atoms with E-state index in [0.717, 1.165) is 21.3 Å². The molecule has 20 heavy (non-hydrogen) atoms. The lowest BCUT2D eigenvalue weighted by Crippen LogP contribution is -2.24. The average molecular weight is 349 g/mol. The summed E-state index contributed by atoms with van der Waals surface area (Å²) in [7, 11) is 0. The van der Waals surface area contributed by atoms with Crippen molar-refractivity contribution in [1.82, 2.24) is 10.4 Å². The number of nitrogens with one attached hydrogen (secondary N) is 2. The number of rotatable bonds is 3. The van der Waals surface area contributed by atoms with Gasteiger partial charge in [0.1, 0.15) is 0 Å². The van der Waals surface area contributed by atoms with Crippen LogP contribution in [0.4, 0.5) is 5.69 Å². The highest BCUT2D eigenvalue weighted by Crippen LogP contribution is 2.19. The summed E-state index contributed by atoms with van der Waals surface area (Å²) in [5.74, 6) is 0. The Hall–Kier alpha value is -1.79. The number of halogens is 1. The van der Waals surface area contributed by atoms with Crippen LogP contribution in [0.3, 0.4) is 0 Å². The smallest absolute Gasteiger partial charge is 0.191 e. The van der Waals surface area contributed by atoms with Gasteiger partial charge in [0.25, 0.3) is 0 Å². The summed E-state index contributed by atoms with van der Waals surface area (Å²) in [6.45, 7) is 2.01. The maximum atomic E-state index is 5.18. The number of thiocarbonyl (C=S) groups is 1. The molecule has 0 aliphatic heterocycles. The highest BCUT2D eigenvalue weighted by molar-refractivity contribution is 9.10. The summed E-state index contributed by atoms with van der Waals surface area (Å²) < 4.78 is 1.04. The SMILES string of the molecule is Cc1cc(Br)ccc1NC(=S)N/N=C/c1cccnc1. The summed E-state index contributed by atoms with van der Waals surface area (Å²) in [5.41, 5.74) is 5.72. The minimum atomic E-state index is 0.440. The van der Waals surface area contributed by atoms with E-state index < -0.39 is 0 Å². The van der Waals surface area contributed by atoms with Gasteiger partial charge in [0.05, 0.1) is 6.21 Å². The average Bonchev–Trinajstić information content (AvgIpc) is 2.43. The van der Waals surface area contributed by atoms with E-state index in [2.05, 4.69) is 36.8 Å². The van der Waals surface area contributed by atoms with Crippen molar-refractivity contribution in [3.63, 3.8) is 0 Å². The Morgan fingerprint density at radius 2 is 2.25 bits per heavy atom. The first kappa shape index (κ1) is 14.6. The maximum Gasteiger partial charge on any atom is 0.191 e. The van der Waals surface area contributed by atoms with E-state index in [9.17, 15) is 0 Å². The second-order valence-electron chi connectivity index (χ2n) is 4.07. The van der Waals surface area contributed by atoms with Crippen molar-refractivity contribution >= 4 is 45.2 Å². The Morgan fingerprint density at radius 1 is 1.40 bits per heavy atom. The van der Waals surface area contributed by atoms with Crippen LogP contribution in [0.25, 0.3) is 0 Å². The summed E-state index contributed by atoms with van der Waals surface area (Å²) >= 11 is 8.61. The molecule has 0 bridgehead atoms. The van der Waals surface area contributed by atoms with Crippen molar-refractivity contribution in [3.05, 3.63) is 58.3 Å². The molecule has 0 atom stereocenters. The monoisotopic (exact) mass is 348 g/mol. The fourth-order valence-electron chi connectivity index (χ4n) is 1.54. The standard InChI is InChI=1S/C14H13BrN4S/c1-10-7-12(15)4-5-13(10)18-14(20)19-17-9-11-3-2-6-16-8-11/h2-9H,1H3,(H2,18,19,20)/b17-9+. The van der Waals surface area contributed by atoms with Crippen molar-refractivity contribution in [2.45, 2.75) is 6.92 Å². The van der Waals surface area contributed by atoms with Crippen LogP contribution in [0.5, 0.6) is 0 Å². The Kier molecular flexibility index (Phi) is 5.20. The normalized spacial score (nSPS) is 10.5. The third kappa shape index (κ3) is 4.40. The van der Waals surface area contributed by atoms with E-state index >= 15 is 0 Å². The molecular weight excluding hydrogens is 336 g/mol. The van der Waals surface area contributed by atoms with Crippen LogP contribution in [0.15, 0.2) is 52.3 Å². The number of pyridine rings is 1. The predicted octanol–water partition coefficient (Wildman–Crippen LogP) is 3.47. The number of hydrogen-bond donors (Lipinski definition) is 2. The molecule has 0 aliphatic carbocycles. The van der Waals surface area contributed by atoms with Crippen LogP contribution in [-0.4, -0.2) is 16.3 Å². The lowest BCUT2D eigenvalue weighted by Gasteiger charge is -2.10. The fourth-order valence-corrected chi connectivity index (χ4v) is 2.17. The third-order valence-electron chi connectivity index (χ3n) is 2.50. The molecule has 0 saturated heterocycles. The molecule has 0 aliphatic rings. The van der Waals surface area contributed by atoms with Gasteiger partial charge < -0.3 is 5.32 Å². The molecule has 0 radical (unpaired) electrons. The molecule has 0 fully saturated rings. The van der Waals surface area contributed by atoms with E-state index in [1.807, 2.05) is 37.3 Å². The Balaban J connectivity index is 1.91. The Bertz CT molecular complexity index is 628. The zero-order chi connectivity index (χ0) is 14.4. The van der Waals surface area contributed by atoms with Gasteiger partial charge in [0, 0.05) is 28.1 Å². The van der Waals surface area contributed by atoms with Crippen LogP contribution in [0.1, 0.15) is 11.1 Å². The number of hydrazone groups is 1. The zero-order valence-electron chi connectivity index (χ0n) is 10.8. The summed E-state index contributed by atoms with van der Waals surface area (Å²) in [5, 5.41) is 7.59. The maximum absolute atomic E-state index is 5.18. The minimum absolute atomic E-state index is 0.440. The van der Waals surface area contributed by atoms with Crippen LogP contribution in [-0.2, 0) is 0 Å². The topological polar surface area (TPSA) is 49.3 Å². The van der Waals surface area contributed by atoms with Crippen molar-refractivity contribution in [3.8, 4) is 0 Å². The Morgan fingerprint density at radius 3 is 2.95 bits per heavy atom. The molecule has 0 saturated carbocycles.